The number of aromatic hydroxyl groups is 1. The highest BCUT2D eigenvalue weighted by Gasteiger charge is 2.14. The fourth-order valence-corrected chi connectivity index (χ4v) is 1.67. The maximum Gasteiger partial charge on any atom is 0.341 e. The highest BCUT2D eigenvalue weighted by molar-refractivity contribution is 9.10. The topological polar surface area (TPSA) is 49.8 Å². The number of benzene rings is 1. The lowest BCUT2D eigenvalue weighted by Gasteiger charge is -2.10. The van der Waals surface area contributed by atoms with E-state index in [2.05, 4.69) is 15.9 Å². The van der Waals surface area contributed by atoms with E-state index in [1.165, 1.54) is 6.07 Å². The summed E-state index contributed by atoms with van der Waals surface area (Å²) in [6.45, 7) is 1.21. The van der Waals surface area contributed by atoms with Crippen molar-refractivity contribution in [3.63, 3.8) is 0 Å². The van der Waals surface area contributed by atoms with Gasteiger partial charge >= 0.3 is 5.97 Å². The Balaban J connectivity index is 2.50. The molecule has 0 radical (unpaired) electrons. The van der Waals surface area contributed by atoms with Gasteiger partial charge in [0.15, 0.2) is 0 Å². The van der Waals surface area contributed by atoms with Gasteiger partial charge in [-0.2, -0.15) is 0 Å². The number of ether oxygens (including phenoxy) is 1. The molecule has 0 aliphatic carbocycles. The second-order valence-corrected chi connectivity index (χ2v) is 4.78. The summed E-state index contributed by atoms with van der Waals surface area (Å²) in [6.07, 6.45) is 0.771. The van der Waals surface area contributed by atoms with Crippen LogP contribution in [0.15, 0.2) is 22.7 Å². The van der Waals surface area contributed by atoms with Crippen molar-refractivity contribution in [1.29, 1.82) is 0 Å². The predicted octanol–water partition coefficient (Wildman–Crippen LogP) is 2.26. The van der Waals surface area contributed by atoms with Crippen LogP contribution in [0.2, 0.25) is 0 Å². The molecule has 1 aromatic carbocycles. The van der Waals surface area contributed by atoms with Crippen LogP contribution < -0.4 is 0 Å². The summed E-state index contributed by atoms with van der Waals surface area (Å²) in [5.41, 5.74) is 0.184. The first-order chi connectivity index (χ1) is 8.02. The van der Waals surface area contributed by atoms with Gasteiger partial charge in [0.25, 0.3) is 0 Å². The van der Waals surface area contributed by atoms with Gasteiger partial charge in [-0.25, -0.2) is 4.79 Å². The molecule has 0 atom stereocenters. The molecule has 1 N–H and O–H groups in total. The fourth-order valence-electron chi connectivity index (χ4n) is 1.30. The Kier molecular flexibility index (Phi) is 5.44. The number of carbonyl (C=O) groups is 1. The van der Waals surface area contributed by atoms with E-state index >= 15 is 0 Å². The van der Waals surface area contributed by atoms with Gasteiger partial charge in [-0.3, -0.25) is 0 Å². The van der Waals surface area contributed by atoms with Crippen LogP contribution >= 0.6 is 15.9 Å². The van der Waals surface area contributed by atoms with Crippen molar-refractivity contribution < 1.29 is 14.6 Å². The number of carbonyl (C=O) groups excluding carboxylic acids is 1. The van der Waals surface area contributed by atoms with E-state index in [-0.39, 0.29) is 11.3 Å². The van der Waals surface area contributed by atoms with E-state index in [0.29, 0.717) is 11.1 Å². The minimum atomic E-state index is -0.498. The van der Waals surface area contributed by atoms with Gasteiger partial charge in [0.1, 0.15) is 11.3 Å². The largest absolute Gasteiger partial charge is 0.506 e. The smallest absolute Gasteiger partial charge is 0.341 e. The Morgan fingerprint density at radius 3 is 2.82 bits per heavy atom. The number of para-hydroxylation sites is 1. The second-order valence-electron chi connectivity index (χ2n) is 3.93. The number of rotatable bonds is 5. The molecule has 5 heteroatoms. The third-order valence-corrected chi connectivity index (χ3v) is 2.83. The average molecular weight is 302 g/mol. The molecule has 17 heavy (non-hydrogen) atoms. The maximum atomic E-state index is 11.6. The van der Waals surface area contributed by atoms with Gasteiger partial charge in [-0.05, 0) is 48.6 Å². The van der Waals surface area contributed by atoms with Crippen LogP contribution in [0.1, 0.15) is 16.8 Å². The molecule has 1 aromatic rings. The highest BCUT2D eigenvalue weighted by atomic mass is 79.9. The van der Waals surface area contributed by atoms with Crippen molar-refractivity contribution in [2.24, 2.45) is 0 Å². The lowest BCUT2D eigenvalue weighted by molar-refractivity contribution is 0.0490. The molecule has 1 rings (SSSR count). The van der Waals surface area contributed by atoms with E-state index in [1.807, 2.05) is 19.0 Å². The van der Waals surface area contributed by atoms with Crippen LogP contribution in [-0.2, 0) is 4.74 Å². The molecule has 0 saturated heterocycles. The maximum absolute atomic E-state index is 11.6. The van der Waals surface area contributed by atoms with Crippen LogP contribution in [0.3, 0.4) is 0 Å². The minimum absolute atomic E-state index is 0.0786. The van der Waals surface area contributed by atoms with Gasteiger partial charge < -0.3 is 14.7 Å². The molecule has 0 unspecified atom stereocenters. The molecule has 0 aliphatic heterocycles. The third kappa shape index (κ3) is 4.36. The number of hydrogen-bond acceptors (Lipinski definition) is 4. The van der Waals surface area contributed by atoms with Crippen molar-refractivity contribution in [1.82, 2.24) is 4.90 Å². The van der Waals surface area contributed by atoms with Crippen molar-refractivity contribution >= 4 is 21.9 Å². The Hall–Kier alpha value is -1.07. The van der Waals surface area contributed by atoms with E-state index < -0.39 is 5.97 Å². The summed E-state index contributed by atoms with van der Waals surface area (Å²) in [5, 5.41) is 9.66. The molecule has 4 nitrogen and oxygen atoms in total. The molecule has 0 saturated carbocycles. The number of phenols is 1. The van der Waals surface area contributed by atoms with Crippen LogP contribution in [0, 0.1) is 0 Å². The SMILES string of the molecule is CN(C)CCCOC(=O)c1cccc(Br)c1O. The van der Waals surface area contributed by atoms with Crippen LogP contribution in [0.25, 0.3) is 0 Å². The normalized spacial score (nSPS) is 10.6. The lowest BCUT2D eigenvalue weighted by Crippen LogP contribution is -2.16. The highest BCUT2D eigenvalue weighted by Crippen LogP contribution is 2.27. The van der Waals surface area contributed by atoms with Gasteiger partial charge in [0, 0.05) is 6.54 Å². The number of phenolic OH excluding ortho intramolecular Hbond substituents is 1. The molecular weight excluding hydrogens is 286 g/mol. The number of nitrogens with zero attached hydrogens (tertiary/aromatic N) is 1. The third-order valence-electron chi connectivity index (χ3n) is 2.19. The molecule has 0 spiro atoms. The van der Waals surface area contributed by atoms with E-state index in [0.717, 1.165) is 13.0 Å². The summed E-state index contributed by atoms with van der Waals surface area (Å²) in [5.74, 6) is -0.576. The molecule has 94 valence electrons. The van der Waals surface area contributed by atoms with Gasteiger partial charge in [-0.1, -0.05) is 6.07 Å². The monoisotopic (exact) mass is 301 g/mol. The molecule has 0 aromatic heterocycles. The number of halogens is 1. The summed E-state index contributed by atoms with van der Waals surface area (Å²) in [7, 11) is 3.92. The standard InChI is InChI=1S/C12H16BrNO3/c1-14(2)7-4-8-17-12(16)9-5-3-6-10(13)11(9)15/h3,5-6,15H,4,7-8H2,1-2H3. The summed E-state index contributed by atoms with van der Waals surface area (Å²) < 4.78 is 5.55. The van der Waals surface area contributed by atoms with Crippen molar-refractivity contribution in [2.75, 3.05) is 27.2 Å². The van der Waals surface area contributed by atoms with E-state index in [1.54, 1.807) is 12.1 Å². The Labute approximate surface area is 109 Å². The predicted molar refractivity (Wildman–Crippen MR) is 69.3 cm³/mol. The minimum Gasteiger partial charge on any atom is -0.506 e. The lowest BCUT2D eigenvalue weighted by atomic mass is 10.2. The Morgan fingerprint density at radius 1 is 1.47 bits per heavy atom. The molecule has 0 bridgehead atoms. The van der Waals surface area contributed by atoms with E-state index in [9.17, 15) is 9.90 Å². The number of hydrogen-bond donors (Lipinski definition) is 1. The van der Waals surface area contributed by atoms with Gasteiger partial charge in [-0.15, -0.1) is 0 Å². The zero-order chi connectivity index (χ0) is 12.8. The first kappa shape index (κ1) is 14.0. The second kappa shape index (κ2) is 6.61. The fraction of sp³-hybridized carbons (Fsp3) is 0.417. The summed E-state index contributed by atoms with van der Waals surface area (Å²) in [4.78, 5) is 13.7. The summed E-state index contributed by atoms with van der Waals surface area (Å²) in [6, 6.07) is 4.88. The Bertz CT molecular complexity index is 393. The van der Waals surface area contributed by atoms with E-state index in [4.69, 9.17) is 4.74 Å². The van der Waals surface area contributed by atoms with Crippen LogP contribution in [0.5, 0.6) is 5.75 Å². The Morgan fingerprint density at radius 2 is 2.18 bits per heavy atom. The quantitative estimate of drug-likeness (QED) is 0.669. The zero-order valence-corrected chi connectivity index (χ0v) is 11.5. The molecule has 0 heterocycles. The molecule has 0 fully saturated rings. The molecular formula is C12H16BrNO3. The first-order valence-corrected chi connectivity index (χ1v) is 6.11. The first-order valence-electron chi connectivity index (χ1n) is 5.31. The van der Waals surface area contributed by atoms with Crippen LogP contribution in [0.4, 0.5) is 0 Å². The zero-order valence-electron chi connectivity index (χ0n) is 9.94. The van der Waals surface area contributed by atoms with Crippen molar-refractivity contribution in [3.05, 3.63) is 28.2 Å². The molecule has 0 aliphatic rings. The van der Waals surface area contributed by atoms with Crippen LogP contribution in [-0.4, -0.2) is 43.2 Å². The summed E-state index contributed by atoms with van der Waals surface area (Å²) >= 11 is 3.15. The number of esters is 1. The van der Waals surface area contributed by atoms with Crippen molar-refractivity contribution in [2.45, 2.75) is 6.42 Å². The average Bonchev–Trinajstić information content (AvgIpc) is 2.27. The van der Waals surface area contributed by atoms with Gasteiger partial charge in [0.05, 0.1) is 11.1 Å². The van der Waals surface area contributed by atoms with Gasteiger partial charge in [0.2, 0.25) is 0 Å². The van der Waals surface area contributed by atoms with Crippen molar-refractivity contribution in [3.8, 4) is 5.75 Å². The molecule has 0 amide bonds.